The van der Waals surface area contributed by atoms with E-state index in [2.05, 4.69) is 0 Å². The molecule has 22 heavy (non-hydrogen) atoms. The maximum atomic E-state index is 11.1. The Morgan fingerprint density at radius 3 is 1.18 bits per heavy atom. The van der Waals surface area contributed by atoms with Gasteiger partial charge in [-0.1, -0.05) is 7.43 Å². The van der Waals surface area contributed by atoms with Gasteiger partial charge in [-0.25, -0.2) is 0 Å². The lowest BCUT2D eigenvalue weighted by Crippen LogP contribution is -2.43. The Labute approximate surface area is 142 Å². The Bertz CT molecular complexity index is 283. The molecule has 0 bridgehead atoms. The van der Waals surface area contributed by atoms with E-state index in [0.29, 0.717) is 0 Å². The fraction of sp³-hybridized carbons (Fsp3) is 0.875. The van der Waals surface area contributed by atoms with Crippen LogP contribution in [0.4, 0.5) is 0 Å². The van der Waals surface area contributed by atoms with Gasteiger partial charge in [0.1, 0.15) is 5.54 Å². The summed E-state index contributed by atoms with van der Waals surface area (Å²) < 4.78 is 9.83. The molecule has 0 radical (unpaired) electrons. The normalized spacial score (nSPS) is 10.7. The second-order valence-electron chi connectivity index (χ2n) is 6.88. The Morgan fingerprint density at radius 2 is 1.09 bits per heavy atom. The number of nitrogens with two attached hydrogens (primary N) is 1. The van der Waals surface area contributed by atoms with Crippen LogP contribution in [0.25, 0.3) is 0 Å². The van der Waals surface area contributed by atoms with Crippen LogP contribution < -0.4 is 5.73 Å². The first-order valence-electron chi connectivity index (χ1n) is 6.89. The molecule has 0 aliphatic carbocycles. The number of halogens is 1. The molecule has 0 heterocycles. The predicted octanol–water partition coefficient (Wildman–Crippen LogP) is 3.72. The molecule has 0 saturated carbocycles. The van der Waals surface area contributed by atoms with Gasteiger partial charge in [0, 0.05) is 0 Å². The molecular weight excluding hydrogens is 306 g/mol. The molecule has 0 saturated heterocycles. The average Bonchev–Trinajstić information content (AvgIpc) is 2.13. The van der Waals surface area contributed by atoms with E-state index in [1.807, 2.05) is 34.6 Å². The minimum atomic E-state index is -0.871. The average molecular weight is 342 g/mol. The van der Waals surface area contributed by atoms with Crippen molar-refractivity contribution in [3.63, 3.8) is 0 Å². The summed E-state index contributed by atoms with van der Waals surface area (Å²) in [5.74, 6) is -0.495. The summed E-state index contributed by atoms with van der Waals surface area (Å²) in [5, 5.41) is 0. The van der Waals surface area contributed by atoms with Crippen molar-refractivity contribution in [1.29, 1.82) is 0 Å². The second-order valence-corrected chi connectivity index (χ2v) is 6.88. The van der Waals surface area contributed by atoms with Gasteiger partial charge in [0.2, 0.25) is 0 Å². The zero-order valence-corrected chi connectivity index (χ0v) is 15.6. The van der Waals surface area contributed by atoms with Crippen molar-refractivity contribution in [1.82, 2.24) is 0 Å². The van der Waals surface area contributed by atoms with Crippen molar-refractivity contribution < 1.29 is 19.1 Å². The number of ether oxygens (including phenoxy) is 2. The highest BCUT2D eigenvalue weighted by Crippen LogP contribution is 2.15. The molecule has 0 aliphatic rings. The van der Waals surface area contributed by atoms with Crippen LogP contribution in [0.3, 0.4) is 0 Å². The molecular formula is C16H36ClNO4. The molecule has 0 amide bonds. The molecule has 0 spiro atoms. The van der Waals surface area contributed by atoms with Gasteiger partial charge in [-0.05, 0) is 62.3 Å². The van der Waals surface area contributed by atoms with E-state index in [9.17, 15) is 9.59 Å². The largest absolute Gasteiger partial charge is 0.463 e. The number of esters is 2. The van der Waals surface area contributed by atoms with Crippen LogP contribution in [0.1, 0.15) is 69.7 Å². The first kappa shape index (κ1) is 29.2. The number of hydrogen-bond acceptors (Lipinski definition) is 5. The summed E-state index contributed by atoms with van der Waals surface area (Å²) in [7, 11) is 0. The summed E-state index contributed by atoms with van der Waals surface area (Å²) in [6.45, 7) is 16.1. The molecule has 6 heteroatoms. The van der Waals surface area contributed by atoms with E-state index in [-0.39, 0.29) is 49.4 Å². The molecule has 2 N–H and O–H groups in total. The van der Waals surface area contributed by atoms with E-state index in [1.54, 1.807) is 27.7 Å². The minimum Gasteiger partial charge on any atom is -0.463 e. The third-order valence-corrected chi connectivity index (χ3v) is 1.82. The lowest BCUT2D eigenvalue weighted by atomic mass is 9.97. The Hall–Kier alpha value is -0.810. The molecule has 136 valence electrons. The molecule has 0 fully saturated rings. The van der Waals surface area contributed by atoms with Crippen molar-refractivity contribution in [3.05, 3.63) is 0 Å². The van der Waals surface area contributed by atoms with E-state index >= 15 is 0 Å². The number of carbonyl (C=O) groups is 2. The molecule has 5 nitrogen and oxygen atoms in total. The maximum absolute atomic E-state index is 11.1. The Morgan fingerprint density at radius 1 is 0.818 bits per heavy atom. The van der Waals surface area contributed by atoms with Crippen LogP contribution in [0.15, 0.2) is 0 Å². The van der Waals surface area contributed by atoms with Crippen molar-refractivity contribution in [2.75, 3.05) is 0 Å². The predicted molar refractivity (Wildman–Crippen MR) is 94.2 cm³/mol. The van der Waals surface area contributed by atoms with Crippen LogP contribution in [-0.2, 0) is 19.1 Å². The van der Waals surface area contributed by atoms with Gasteiger partial charge >= 0.3 is 11.9 Å². The van der Waals surface area contributed by atoms with Gasteiger partial charge in [-0.15, -0.1) is 12.4 Å². The van der Waals surface area contributed by atoms with Crippen LogP contribution in [0, 0.1) is 5.41 Å². The third kappa shape index (κ3) is 17.2. The summed E-state index contributed by atoms with van der Waals surface area (Å²) >= 11 is 0. The standard InChI is InChI=1S/C8H16O2.C7H15NO2.CH4.ClH/c1-6(2)10-7(9)8(3,4)5;1-5(2)10-6(9)7(3,4)8;;/h6H,1-5H3;5H,8H2,1-4H3;1H4;1H. The van der Waals surface area contributed by atoms with E-state index in [1.165, 1.54) is 0 Å². The second kappa shape index (κ2) is 11.7. The van der Waals surface area contributed by atoms with Crippen LogP contribution in [-0.4, -0.2) is 29.7 Å². The zero-order valence-electron chi connectivity index (χ0n) is 14.8. The smallest absolute Gasteiger partial charge is 0.325 e. The first-order valence-corrected chi connectivity index (χ1v) is 6.89. The quantitative estimate of drug-likeness (QED) is 0.791. The molecule has 0 aromatic heterocycles. The molecule has 0 aromatic rings. The van der Waals surface area contributed by atoms with Gasteiger partial charge in [0.15, 0.2) is 0 Å². The highest BCUT2D eigenvalue weighted by Gasteiger charge is 2.24. The highest BCUT2D eigenvalue weighted by molar-refractivity contribution is 5.85. The van der Waals surface area contributed by atoms with Crippen LogP contribution in [0.5, 0.6) is 0 Å². The molecule has 0 atom stereocenters. The summed E-state index contributed by atoms with van der Waals surface area (Å²) in [5.41, 5.74) is 4.21. The van der Waals surface area contributed by atoms with Gasteiger partial charge in [0.05, 0.1) is 17.6 Å². The number of carbonyl (C=O) groups excluding carboxylic acids is 2. The van der Waals surface area contributed by atoms with E-state index < -0.39 is 5.54 Å². The molecule has 0 rings (SSSR count). The molecule has 0 aliphatic heterocycles. The van der Waals surface area contributed by atoms with Gasteiger partial charge < -0.3 is 15.2 Å². The van der Waals surface area contributed by atoms with Gasteiger partial charge in [-0.3, -0.25) is 9.59 Å². The third-order valence-electron chi connectivity index (χ3n) is 1.82. The monoisotopic (exact) mass is 341 g/mol. The number of rotatable bonds is 3. The topological polar surface area (TPSA) is 78.6 Å². The summed E-state index contributed by atoms with van der Waals surface area (Å²) in [6.07, 6.45) is -0.0953. The molecule has 0 unspecified atom stereocenters. The fourth-order valence-corrected chi connectivity index (χ4v) is 0.757. The summed E-state index contributed by atoms with van der Waals surface area (Å²) in [6, 6.07) is 0. The van der Waals surface area contributed by atoms with E-state index in [4.69, 9.17) is 15.2 Å². The Balaban J connectivity index is -0.000000135. The summed E-state index contributed by atoms with van der Waals surface area (Å²) in [4.78, 5) is 22.0. The van der Waals surface area contributed by atoms with Crippen LogP contribution >= 0.6 is 12.4 Å². The van der Waals surface area contributed by atoms with Crippen molar-refractivity contribution >= 4 is 24.3 Å². The van der Waals surface area contributed by atoms with Crippen molar-refractivity contribution in [2.24, 2.45) is 11.1 Å². The van der Waals surface area contributed by atoms with Crippen molar-refractivity contribution in [2.45, 2.75) is 87.5 Å². The lowest BCUT2D eigenvalue weighted by Gasteiger charge is -2.18. The zero-order chi connectivity index (χ0) is 16.7. The van der Waals surface area contributed by atoms with Crippen LogP contribution in [0.2, 0.25) is 0 Å². The lowest BCUT2D eigenvalue weighted by molar-refractivity contribution is -0.157. The highest BCUT2D eigenvalue weighted by atomic mass is 35.5. The fourth-order valence-electron chi connectivity index (χ4n) is 0.757. The van der Waals surface area contributed by atoms with Gasteiger partial charge in [-0.2, -0.15) is 0 Å². The SMILES string of the molecule is C.CC(C)OC(=O)C(C)(C)C.CC(C)OC(=O)C(C)(C)N.Cl. The molecule has 0 aromatic carbocycles. The van der Waals surface area contributed by atoms with E-state index in [0.717, 1.165) is 0 Å². The Kier molecular flexibility index (Phi) is 15.6. The minimum absolute atomic E-state index is 0. The number of hydrogen-bond donors (Lipinski definition) is 1. The first-order chi connectivity index (χ1) is 8.67. The maximum Gasteiger partial charge on any atom is 0.325 e. The van der Waals surface area contributed by atoms with Crippen molar-refractivity contribution in [3.8, 4) is 0 Å². The van der Waals surface area contributed by atoms with Gasteiger partial charge in [0.25, 0.3) is 0 Å².